The van der Waals surface area contributed by atoms with Crippen LogP contribution in [0, 0.1) is 18.3 Å². The van der Waals surface area contributed by atoms with Gasteiger partial charge in [-0.2, -0.15) is 5.26 Å². The Morgan fingerprint density at radius 3 is 3.17 bits per heavy atom. The van der Waals surface area contributed by atoms with Crippen LogP contribution >= 0.6 is 0 Å². The number of nitrogens with zero attached hydrogens (tertiary/aromatic N) is 2. The van der Waals surface area contributed by atoms with Crippen molar-refractivity contribution in [3.05, 3.63) is 24.2 Å². The Kier molecular flexibility index (Phi) is 2.49. The average Bonchev–Trinajstić information content (AvgIpc) is 2.42. The second-order valence-electron chi connectivity index (χ2n) is 2.19. The quantitative estimate of drug-likeness (QED) is 0.685. The van der Waals surface area contributed by atoms with Gasteiger partial charge in [0, 0.05) is 13.5 Å². The van der Waals surface area contributed by atoms with E-state index in [2.05, 4.69) is 16.9 Å². The molecule has 4 heteroatoms. The molecule has 0 spiro atoms. The Morgan fingerprint density at radius 1 is 1.83 bits per heavy atom. The summed E-state index contributed by atoms with van der Waals surface area (Å²) in [7, 11) is 0. The van der Waals surface area contributed by atoms with Gasteiger partial charge in [-0.25, -0.2) is 4.98 Å². The standard InChI is InChI=1S/C8H9N3O/c1-3-4-10-8-7(5-9)11-6(2)12-8/h3,10H,1,4H2,2H3. The van der Waals surface area contributed by atoms with Gasteiger partial charge < -0.3 is 9.73 Å². The van der Waals surface area contributed by atoms with E-state index >= 15 is 0 Å². The van der Waals surface area contributed by atoms with E-state index in [-0.39, 0.29) is 5.69 Å². The highest BCUT2D eigenvalue weighted by atomic mass is 16.4. The van der Waals surface area contributed by atoms with Gasteiger partial charge in [-0.15, -0.1) is 6.58 Å². The van der Waals surface area contributed by atoms with Gasteiger partial charge in [0.05, 0.1) is 0 Å². The van der Waals surface area contributed by atoms with Gasteiger partial charge in [-0.1, -0.05) is 6.08 Å². The lowest BCUT2D eigenvalue weighted by Gasteiger charge is -1.95. The topological polar surface area (TPSA) is 61.9 Å². The van der Waals surface area contributed by atoms with E-state index in [4.69, 9.17) is 9.68 Å². The Balaban J connectivity index is 2.83. The van der Waals surface area contributed by atoms with Gasteiger partial charge in [-0.05, 0) is 0 Å². The molecule has 0 unspecified atom stereocenters. The third-order valence-corrected chi connectivity index (χ3v) is 1.25. The molecule has 1 rings (SSSR count). The maximum Gasteiger partial charge on any atom is 0.232 e. The summed E-state index contributed by atoms with van der Waals surface area (Å²) in [5, 5.41) is 11.5. The van der Waals surface area contributed by atoms with Crippen molar-refractivity contribution in [2.24, 2.45) is 0 Å². The zero-order chi connectivity index (χ0) is 8.97. The molecule has 0 aliphatic heterocycles. The third kappa shape index (κ3) is 1.64. The summed E-state index contributed by atoms with van der Waals surface area (Å²) >= 11 is 0. The first-order valence-electron chi connectivity index (χ1n) is 3.50. The van der Waals surface area contributed by atoms with Crippen molar-refractivity contribution in [1.29, 1.82) is 5.26 Å². The predicted molar refractivity (Wildman–Crippen MR) is 44.6 cm³/mol. The Labute approximate surface area is 70.5 Å². The van der Waals surface area contributed by atoms with E-state index in [9.17, 15) is 0 Å². The van der Waals surface area contributed by atoms with Crippen molar-refractivity contribution in [2.75, 3.05) is 11.9 Å². The number of hydrogen-bond donors (Lipinski definition) is 1. The van der Waals surface area contributed by atoms with Crippen molar-refractivity contribution in [3.63, 3.8) is 0 Å². The summed E-state index contributed by atoms with van der Waals surface area (Å²) in [5.41, 5.74) is 0.286. The molecule has 0 saturated carbocycles. The molecule has 62 valence electrons. The van der Waals surface area contributed by atoms with E-state index in [1.54, 1.807) is 13.0 Å². The molecule has 0 fully saturated rings. The second kappa shape index (κ2) is 3.58. The molecule has 0 aliphatic rings. The van der Waals surface area contributed by atoms with Crippen molar-refractivity contribution in [3.8, 4) is 6.07 Å². The lowest BCUT2D eigenvalue weighted by atomic mass is 10.5. The third-order valence-electron chi connectivity index (χ3n) is 1.25. The molecule has 0 radical (unpaired) electrons. The molecule has 0 aromatic carbocycles. The summed E-state index contributed by atoms with van der Waals surface area (Å²) in [5.74, 6) is 0.896. The van der Waals surface area contributed by atoms with Gasteiger partial charge in [0.2, 0.25) is 11.6 Å². The fourth-order valence-corrected chi connectivity index (χ4v) is 0.788. The van der Waals surface area contributed by atoms with Gasteiger partial charge in [0.15, 0.2) is 5.89 Å². The minimum Gasteiger partial charge on any atom is -0.424 e. The van der Waals surface area contributed by atoms with Crippen LogP contribution in [0.3, 0.4) is 0 Å². The fraction of sp³-hybridized carbons (Fsp3) is 0.250. The van der Waals surface area contributed by atoms with Gasteiger partial charge >= 0.3 is 0 Å². The molecular formula is C8H9N3O. The van der Waals surface area contributed by atoms with Crippen molar-refractivity contribution in [1.82, 2.24) is 4.98 Å². The van der Waals surface area contributed by atoms with Crippen LogP contribution in [0.25, 0.3) is 0 Å². The van der Waals surface area contributed by atoms with E-state index in [1.165, 1.54) is 0 Å². The zero-order valence-corrected chi connectivity index (χ0v) is 6.79. The zero-order valence-electron chi connectivity index (χ0n) is 6.79. The smallest absolute Gasteiger partial charge is 0.232 e. The summed E-state index contributed by atoms with van der Waals surface area (Å²) < 4.78 is 5.12. The first kappa shape index (κ1) is 8.34. The van der Waals surface area contributed by atoms with E-state index < -0.39 is 0 Å². The molecule has 0 amide bonds. The number of hydrogen-bond acceptors (Lipinski definition) is 4. The highest BCUT2D eigenvalue weighted by Crippen LogP contribution is 2.14. The molecule has 1 aromatic rings. The van der Waals surface area contributed by atoms with Crippen LogP contribution in [0.2, 0.25) is 0 Å². The maximum absolute atomic E-state index is 8.59. The molecule has 1 N–H and O–H groups in total. The van der Waals surface area contributed by atoms with Crippen LogP contribution in [0.1, 0.15) is 11.6 Å². The molecule has 0 bridgehead atoms. The molecule has 1 aromatic heterocycles. The lowest BCUT2D eigenvalue weighted by molar-refractivity contribution is 0.534. The van der Waals surface area contributed by atoms with Gasteiger partial charge in [-0.3, -0.25) is 0 Å². The Morgan fingerprint density at radius 2 is 2.58 bits per heavy atom. The minimum absolute atomic E-state index is 0.286. The van der Waals surface area contributed by atoms with Gasteiger partial charge in [0.25, 0.3) is 0 Å². The molecule has 0 saturated heterocycles. The van der Waals surface area contributed by atoms with Crippen LogP contribution < -0.4 is 5.32 Å². The first-order valence-corrected chi connectivity index (χ1v) is 3.50. The van der Waals surface area contributed by atoms with Crippen molar-refractivity contribution < 1.29 is 4.42 Å². The number of nitriles is 1. The minimum atomic E-state index is 0.286. The Bertz CT molecular complexity index is 322. The fourth-order valence-electron chi connectivity index (χ4n) is 0.788. The molecule has 4 nitrogen and oxygen atoms in total. The first-order chi connectivity index (χ1) is 5.77. The second-order valence-corrected chi connectivity index (χ2v) is 2.19. The lowest BCUT2D eigenvalue weighted by Crippen LogP contribution is -1.97. The summed E-state index contributed by atoms with van der Waals surface area (Å²) in [6, 6.07) is 1.92. The van der Waals surface area contributed by atoms with Crippen LogP contribution in [-0.4, -0.2) is 11.5 Å². The van der Waals surface area contributed by atoms with E-state index in [0.717, 1.165) is 0 Å². The average molecular weight is 163 g/mol. The van der Waals surface area contributed by atoms with Crippen molar-refractivity contribution >= 4 is 5.88 Å². The molecule has 12 heavy (non-hydrogen) atoms. The van der Waals surface area contributed by atoms with E-state index in [0.29, 0.717) is 18.3 Å². The molecule has 1 heterocycles. The Hall–Kier alpha value is -1.76. The van der Waals surface area contributed by atoms with E-state index in [1.807, 2.05) is 6.07 Å². The largest absolute Gasteiger partial charge is 0.424 e. The molecule has 0 atom stereocenters. The monoisotopic (exact) mass is 163 g/mol. The normalized spacial score (nSPS) is 9.00. The SMILES string of the molecule is C=CCNc1oc(C)nc1C#N. The van der Waals surface area contributed by atoms with Crippen LogP contribution in [0.15, 0.2) is 17.1 Å². The summed E-state index contributed by atoms with van der Waals surface area (Å²) in [6.07, 6.45) is 1.68. The molecular weight excluding hydrogens is 154 g/mol. The van der Waals surface area contributed by atoms with Gasteiger partial charge in [0.1, 0.15) is 6.07 Å². The summed E-state index contributed by atoms with van der Waals surface area (Å²) in [4.78, 5) is 3.86. The number of oxazole rings is 1. The highest BCUT2D eigenvalue weighted by molar-refractivity contribution is 5.45. The summed E-state index contributed by atoms with van der Waals surface area (Å²) in [6.45, 7) is 5.78. The molecule has 0 aliphatic carbocycles. The number of nitrogens with one attached hydrogen (secondary N) is 1. The predicted octanol–water partition coefficient (Wildman–Crippen LogP) is 1.45. The number of rotatable bonds is 3. The number of aryl methyl sites for hydroxylation is 1. The maximum atomic E-state index is 8.59. The van der Waals surface area contributed by atoms with Crippen LogP contribution in [0.4, 0.5) is 5.88 Å². The number of anilines is 1. The van der Waals surface area contributed by atoms with Crippen LogP contribution in [0.5, 0.6) is 0 Å². The number of aromatic nitrogens is 1. The van der Waals surface area contributed by atoms with Crippen LogP contribution in [-0.2, 0) is 0 Å². The van der Waals surface area contributed by atoms with Crippen molar-refractivity contribution in [2.45, 2.75) is 6.92 Å². The highest BCUT2D eigenvalue weighted by Gasteiger charge is 2.07.